The summed E-state index contributed by atoms with van der Waals surface area (Å²) >= 11 is 0. The van der Waals surface area contributed by atoms with Crippen LogP contribution in [-0.2, 0) is 46.0 Å². The summed E-state index contributed by atoms with van der Waals surface area (Å²) in [6, 6.07) is 14.0. The van der Waals surface area contributed by atoms with E-state index in [4.69, 9.17) is 0 Å². The van der Waals surface area contributed by atoms with Gasteiger partial charge in [0.15, 0.2) is 0 Å². The Morgan fingerprint density at radius 2 is 1.57 bits per heavy atom. The summed E-state index contributed by atoms with van der Waals surface area (Å²) in [5, 5.41) is 10.5. The zero-order valence-corrected chi connectivity index (χ0v) is 24.5. The van der Waals surface area contributed by atoms with E-state index in [9.17, 15) is 5.11 Å². The van der Waals surface area contributed by atoms with Crippen LogP contribution in [-0.4, -0.2) is 10.1 Å². The first-order valence-corrected chi connectivity index (χ1v) is 11.1. The Morgan fingerprint density at radius 3 is 2.07 bits per heavy atom. The Labute approximate surface area is 213 Å². The van der Waals surface area contributed by atoms with Gasteiger partial charge in [-0.25, -0.2) is 0 Å². The molecule has 1 aromatic heterocycles. The summed E-state index contributed by atoms with van der Waals surface area (Å²) in [5.74, 6) is 1.06. The van der Waals surface area contributed by atoms with E-state index in [0.717, 1.165) is 24.8 Å². The molecule has 171 valence electrons. The molecule has 3 unspecified atom stereocenters. The fraction of sp³-hybridized carbons (Fsp3) is 0.538. The van der Waals surface area contributed by atoms with Gasteiger partial charge in [0, 0.05) is 39.6 Å². The van der Waals surface area contributed by atoms with Gasteiger partial charge in [-0.2, -0.15) is 19.1 Å². The number of nitrogens with zero attached hydrogens (tertiary/aromatic N) is 1. The van der Waals surface area contributed by atoms with Crippen molar-refractivity contribution < 1.29 is 44.7 Å². The molecule has 2 nitrogen and oxygen atoms in total. The standard InChI is InChI=1S/C18H20NO.3C2H6.C2H5.V.W/c20-18(16-6-2-1-3-7-16)17-9-8-14(12-17)11-15-5-4-10-19-13-15;4*1-2;;/h1-7,13-14,17-18,20H,8-9,11-12H2;3*1-2H3;1H2,2H3;;/q-1;;;;-1;;. The van der Waals surface area contributed by atoms with Gasteiger partial charge >= 0.3 is 0 Å². The Kier molecular flexibility index (Phi) is 32.8. The molecule has 4 heteroatoms. The third kappa shape index (κ3) is 14.6. The van der Waals surface area contributed by atoms with Crippen LogP contribution in [0.4, 0.5) is 0 Å². The minimum absolute atomic E-state index is 0. The van der Waals surface area contributed by atoms with E-state index in [1.165, 1.54) is 12.0 Å². The van der Waals surface area contributed by atoms with Gasteiger partial charge in [0.05, 0.1) is 6.10 Å². The van der Waals surface area contributed by atoms with Gasteiger partial charge in [-0.15, -0.1) is 5.56 Å². The van der Waals surface area contributed by atoms with Crippen LogP contribution in [0.1, 0.15) is 85.0 Å². The molecule has 1 heterocycles. The summed E-state index contributed by atoms with van der Waals surface area (Å²) in [4.78, 5) is 4.05. The third-order valence-corrected chi connectivity index (χ3v) is 4.37. The predicted octanol–water partition coefficient (Wildman–Crippen LogP) is 7.49. The molecule has 0 bridgehead atoms. The second-order valence-electron chi connectivity index (χ2n) is 5.79. The van der Waals surface area contributed by atoms with Gasteiger partial charge in [-0.3, -0.25) is 0 Å². The number of benzene rings is 1. The van der Waals surface area contributed by atoms with E-state index in [-0.39, 0.29) is 45.7 Å². The summed E-state index contributed by atoms with van der Waals surface area (Å²) in [5.41, 5.74) is 2.33. The molecule has 0 aliphatic heterocycles. The molecule has 3 atom stereocenters. The Balaban J connectivity index is -0.000000305. The molecule has 30 heavy (non-hydrogen) atoms. The molecule has 1 aliphatic rings. The molecule has 3 rings (SSSR count). The number of rotatable bonds is 4. The minimum atomic E-state index is -0.316. The van der Waals surface area contributed by atoms with Crippen LogP contribution in [0.25, 0.3) is 0 Å². The van der Waals surface area contributed by atoms with Crippen molar-refractivity contribution in [3.05, 3.63) is 72.9 Å². The molecule has 0 saturated heterocycles. The molecule has 2 aromatic rings. The van der Waals surface area contributed by atoms with Crippen LogP contribution in [0.2, 0.25) is 0 Å². The van der Waals surface area contributed by atoms with Gasteiger partial charge in [-0.1, -0.05) is 84.3 Å². The fourth-order valence-corrected chi connectivity index (χ4v) is 3.31. The van der Waals surface area contributed by atoms with Crippen molar-refractivity contribution in [1.82, 2.24) is 4.98 Å². The maximum absolute atomic E-state index is 10.5. The fourth-order valence-electron chi connectivity index (χ4n) is 3.31. The van der Waals surface area contributed by atoms with E-state index in [0.29, 0.717) is 11.8 Å². The molecular formula is C26H43NOVW-2. The second kappa shape index (κ2) is 26.6. The van der Waals surface area contributed by atoms with Crippen molar-refractivity contribution in [1.29, 1.82) is 0 Å². The van der Waals surface area contributed by atoms with Crippen molar-refractivity contribution in [3.8, 4) is 0 Å². The quantitative estimate of drug-likeness (QED) is 0.360. The predicted molar refractivity (Wildman–Crippen MR) is 124 cm³/mol. The third-order valence-electron chi connectivity index (χ3n) is 4.37. The van der Waals surface area contributed by atoms with Crippen LogP contribution in [0, 0.1) is 25.0 Å². The topological polar surface area (TPSA) is 33.1 Å². The first-order chi connectivity index (χ1) is 13.8. The molecule has 1 aliphatic carbocycles. The van der Waals surface area contributed by atoms with Crippen molar-refractivity contribution >= 4 is 0 Å². The van der Waals surface area contributed by atoms with Crippen molar-refractivity contribution in [2.45, 2.75) is 80.3 Å². The van der Waals surface area contributed by atoms with E-state index in [1.54, 1.807) is 6.92 Å². The average molecular weight is 620 g/mol. The Hall–Kier alpha value is -0.397. The van der Waals surface area contributed by atoms with Gasteiger partial charge in [-0.05, 0) is 43.1 Å². The second-order valence-corrected chi connectivity index (χ2v) is 5.79. The first kappa shape index (κ1) is 36.9. The zero-order chi connectivity index (χ0) is 21.8. The molecule has 0 amide bonds. The molecule has 0 spiro atoms. The number of hydrogen-bond donors (Lipinski definition) is 1. The molecular weight excluding hydrogens is 577 g/mol. The van der Waals surface area contributed by atoms with Crippen molar-refractivity contribution in [2.75, 3.05) is 0 Å². The summed E-state index contributed by atoms with van der Waals surface area (Å²) in [6.45, 7) is 17.0. The number of aliphatic hydroxyl groups excluding tert-OH is 1. The summed E-state index contributed by atoms with van der Waals surface area (Å²) < 4.78 is 0. The summed E-state index contributed by atoms with van der Waals surface area (Å²) in [7, 11) is 0. The number of aromatic nitrogens is 1. The van der Waals surface area contributed by atoms with E-state index in [1.807, 2.05) is 84.1 Å². The number of hydrogen-bond acceptors (Lipinski definition) is 2. The van der Waals surface area contributed by atoms with Crippen LogP contribution >= 0.6 is 0 Å². The van der Waals surface area contributed by atoms with Gasteiger partial charge in [0.1, 0.15) is 0 Å². The largest absolute Gasteiger partial charge is 0.394 e. The average Bonchev–Trinajstić information content (AvgIpc) is 3.28. The minimum Gasteiger partial charge on any atom is -0.394 e. The Bertz CT molecular complexity index is 539. The monoisotopic (exact) mass is 620 g/mol. The Morgan fingerprint density at radius 1 is 1.00 bits per heavy atom. The van der Waals surface area contributed by atoms with Crippen LogP contribution in [0.5, 0.6) is 0 Å². The van der Waals surface area contributed by atoms with Crippen molar-refractivity contribution in [2.24, 2.45) is 11.8 Å². The first-order valence-electron chi connectivity index (χ1n) is 11.1. The van der Waals surface area contributed by atoms with E-state index < -0.39 is 0 Å². The molecule has 1 fully saturated rings. The zero-order valence-electron chi connectivity index (χ0n) is 20.1. The number of pyridine rings is 1. The van der Waals surface area contributed by atoms with Gasteiger partial charge in [0.25, 0.3) is 0 Å². The smallest absolute Gasteiger partial charge is 0.0818 e. The molecule has 1 aromatic carbocycles. The van der Waals surface area contributed by atoms with E-state index in [2.05, 4.69) is 24.2 Å². The van der Waals surface area contributed by atoms with Crippen LogP contribution < -0.4 is 0 Å². The number of aliphatic hydroxyl groups is 1. The summed E-state index contributed by atoms with van der Waals surface area (Å²) in [6.07, 6.45) is 8.90. The van der Waals surface area contributed by atoms with Crippen LogP contribution in [0.3, 0.4) is 0 Å². The molecule has 1 N–H and O–H groups in total. The van der Waals surface area contributed by atoms with Crippen molar-refractivity contribution in [3.63, 3.8) is 0 Å². The van der Waals surface area contributed by atoms with Gasteiger partial charge < -0.3 is 17.0 Å². The maximum Gasteiger partial charge on any atom is 0.0818 e. The molecule has 1 saturated carbocycles. The van der Waals surface area contributed by atoms with E-state index >= 15 is 0 Å². The van der Waals surface area contributed by atoms with Crippen LogP contribution in [0.15, 0.2) is 48.7 Å². The normalized spacial score (nSPS) is 16.6. The SMILES string of the molecule is CC.CC.CC.OC(c1ccccc1)C1CCC(Cc2cc[c-]nc2)C1.[CH2-]C.[V].[W]. The van der Waals surface area contributed by atoms with Gasteiger partial charge in [0.2, 0.25) is 0 Å². The maximum atomic E-state index is 10.5. The molecule has 1 radical (unpaired) electrons.